The maximum atomic E-state index is 12.3. The van der Waals surface area contributed by atoms with E-state index in [-0.39, 0.29) is 16.8 Å². The predicted molar refractivity (Wildman–Crippen MR) is 99.2 cm³/mol. The van der Waals surface area contributed by atoms with Crippen LogP contribution in [-0.2, 0) is 14.6 Å². The number of hydrogen-bond donors (Lipinski definition) is 1. The van der Waals surface area contributed by atoms with E-state index in [0.29, 0.717) is 11.5 Å². The quantitative estimate of drug-likeness (QED) is 0.802. The third-order valence-electron chi connectivity index (χ3n) is 3.91. The second-order valence-electron chi connectivity index (χ2n) is 6.01. The first-order valence-corrected chi connectivity index (χ1v) is 10.0. The number of sulfone groups is 1. The second-order valence-corrected chi connectivity index (χ2v) is 8.02. The van der Waals surface area contributed by atoms with E-state index in [9.17, 15) is 13.2 Å². The number of carbonyl (C=O) groups is 1. The van der Waals surface area contributed by atoms with Crippen LogP contribution in [0.5, 0.6) is 11.5 Å². The zero-order chi connectivity index (χ0) is 19.3. The van der Waals surface area contributed by atoms with Gasteiger partial charge in [-0.25, -0.2) is 8.42 Å². The molecular formula is C19H23NO5S. The first kappa shape index (κ1) is 19.8. The van der Waals surface area contributed by atoms with Crippen molar-refractivity contribution in [2.45, 2.75) is 30.9 Å². The summed E-state index contributed by atoms with van der Waals surface area (Å²) in [5, 5.41) is 2.86. The fourth-order valence-electron chi connectivity index (χ4n) is 2.33. The molecule has 0 aromatic heterocycles. The molecule has 0 spiro atoms. The highest BCUT2D eigenvalue weighted by atomic mass is 32.2. The van der Waals surface area contributed by atoms with Crippen LogP contribution in [-0.4, -0.2) is 33.8 Å². The second kappa shape index (κ2) is 8.23. The monoisotopic (exact) mass is 377 g/mol. The average Bonchev–Trinajstić information content (AvgIpc) is 2.61. The van der Waals surface area contributed by atoms with Crippen LogP contribution in [0.15, 0.2) is 53.4 Å². The van der Waals surface area contributed by atoms with Crippen LogP contribution in [0.1, 0.15) is 25.5 Å². The Balaban J connectivity index is 1.96. The van der Waals surface area contributed by atoms with Crippen molar-refractivity contribution in [3.8, 4) is 11.5 Å². The van der Waals surface area contributed by atoms with E-state index in [1.165, 1.54) is 12.1 Å². The van der Waals surface area contributed by atoms with Gasteiger partial charge in [-0.15, -0.1) is 0 Å². The van der Waals surface area contributed by atoms with Crippen LogP contribution >= 0.6 is 0 Å². The van der Waals surface area contributed by atoms with Crippen molar-refractivity contribution in [1.29, 1.82) is 0 Å². The van der Waals surface area contributed by atoms with Gasteiger partial charge >= 0.3 is 0 Å². The van der Waals surface area contributed by atoms with Gasteiger partial charge in [-0.3, -0.25) is 4.79 Å². The van der Waals surface area contributed by atoms with E-state index >= 15 is 0 Å². The summed E-state index contributed by atoms with van der Waals surface area (Å²) in [5.74, 6) is 1.01. The molecule has 2 atom stereocenters. The van der Waals surface area contributed by atoms with E-state index in [0.717, 1.165) is 11.8 Å². The minimum Gasteiger partial charge on any atom is -0.497 e. The molecule has 0 aliphatic rings. The molecule has 0 unspecified atom stereocenters. The molecule has 26 heavy (non-hydrogen) atoms. The third kappa shape index (κ3) is 5.23. The van der Waals surface area contributed by atoms with Crippen LogP contribution in [0, 0.1) is 0 Å². The van der Waals surface area contributed by atoms with E-state index in [1.807, 2.05) is 6.92 Å². The lowest BCUT2D eigenvalue weighted by Crippen LogP contribution is -2.37. The van der Waals surface area contributed by atoms with Gasteiger partial charge in [0, 0.05) is 6.26 Å². The number of ether oxygens (including phenoxy) is 2. The van der Waals surface area contributed by atoms with Gasteiger partial charge in [0.1, 0.15) is 11.5 Å². The molecule has 0 heterocycles. The number of amides is 1. The van der Waals surface area contributed by atoms with E-state index < -0.39 is 15.9 Å². The molecule has 0 aliphatic carbocycles. The van der Waals surface area contributed by atoms with Crippen LogP contribution < -0.4 is 14.8 Å². The average molecular weight is 377 g/mol. The summed E-state index contributed by atoms with van der Waals surface area (Å²) in [6.45, 7) is 3.49. The van der Waals surface area contributed by atoms with Crippen molar-refractivity contribution in [3.63, 3.8) is 0 Å². The zero-order valence-corrected chi connectivity index (χ0v) is 16.0. The molecule has 0 bridgehead atoms. The molecule has 1 amide bonds. The van der Waals surface area contributed by atoms with E-state index in [4.69, 9.17) is 9.47 Å². The SMILES string of the molecule is COc1ccc(O[C@H](C)C(=O)N[C@H](C)c2ccc(S(C)(=O)=O)cc2)cc1. The zero-order valence-electron chi connectivity index (χ0n) is 15.2. The smallest absolute Gasteiger partial charge is 0.261 e. The molecule has 0 radical (unpaired) electrons. The Hall–Kier alpha value is -2.54. The summed E-state index contributed by atoms with van der Waals surface area (Å²) in [4.78, 5) is 12.6. The molecule has 1 N–H and O–H groups in total. The van der Waals surface area contributed by atoms with Crippen molar-refractivity contribution in [1.82, 2.24) is 5.32 Å². The number of carbonyl (C=O) groups excluding carboxylic acids is 1. The molecular weight excluding hydrogens is 354 g/mol. The molecule has 0 fully saturated rings. The van der Waals surface area contributed by atoms with Gasteiger partial charge in [0.25, 0.3) is 5.91 Å². The highest BCUT2D eigenvalue weighted by molar-refractivity contribution is 7.90. The number of nitrogens with one attached hydrogen (secondary N) is 1. The highest BCUT2D eigenvalue weighted by Gasteiger charge is 2.18. The Morgan fingerprint density at radius 2 is 1.50 bits per heavy atom. The summed E-state index contributed by atoms with van der Waals surface area (Å²) in [6.07, 6.45) is 0.479. The summed E-state index contributed by atoms with van der Waals surface area (Å²) in [6, 6.07) is 13.1. The van der Waals surface area contributed by atoms with Gasteiger partial charge in [0.15, 0.2) is 15.9 Å². The normalized spacial score (nSPS) is 13.5. The van der Waals surface area contributed by atoms with Crippen LogP contribution in [0.2, 0.25) is 0 Å². The maximum Gasteiger partial charge on any atom is 0.261 e. The lowest BCUT2D eigenvalue weighted by atomic mass is 10.1. The van der Waals surface area contributed by atoms with Crippen molar-refractivity contribution in [2.75, 3.05) is 13.4 Å². The molecule has 6 nitrogen and oxygen atoms in total. The lowest BCUT2D eigenvalue weighted by molar-refractivity contribution is -0.127. The van der Waals surface area contributed by atoms with Gasteiger partial charge in [-0.05, 0) is 55.8 Å². The van der Waals surface area contributed by atoms with E-state index in [2.05, 4.69) is 5.32 Å². The minimum absolute atomic E-state index is 0.246. The van der Waals surface area contributed by atoms with Gasteiger partial charge < -0.3 is 14.8 Å². The lowest BCUT2D eigenvalue weighted by Gasteiger charge is -2.19. The molecule has 0 saturated heterocycles. The molecule has 7 heteroatoms. The van der Waals surface area contributed by atoms with Crippen molar-refractivity contribution in [3.05, 3.63) is 54.1 Å². The summed E-state index contributed by atoms with van der Waals surface area (Å²) in [5.41, 5.74) is 0.808. The maximum absolute atomic E-state index is 12.3. The predicted octanol–water partition coefficient (Wildman–Crippen LogP) is 2.74. The Kier molecular flexibility index (Phi) is 6.26. The molecule has 2 aromatic rings. The highest BCUT2D eigenvalue weighted by Crippen LogP contribution is 2.19. The van der Waals surface area contributed by atoms with Crippen molar-refractivity contribution < 1.29 is 22.7 Å². The Morgan fingerprint density at radius 1 is 0.962 bits per heavy atom. The summed E-state index contributed by atoms with van der Waals surface area (Å²) >= 11 is 0. The molecule has 140 valence electrons. The molecule has 0 aliphatic heterocycles. The van der Waals surface area contributed by atoms with Crippen molar-refractivity contribution in [2.24, 2.45) is 0 Å². The number of rotatable bonds is 7. The standard InChI is InChI=1S/C19H23NO5S/c1-13(15-5-11-18(12-6-15)26(4,22)23)20-19(21)14(2)25-17-9-7-16(24-3)8-10-17/h5-14H,1-4H3,(H,20,21)/t13-,14-/m1/s1. The first-order chi connectivity index (χ1) is 12.2. The number of benzene rings is 2. The number of methoxy groups -OCH3 is 1. The number of hydrogen-bond acceptors (Lipinski definition) is 5. The third-order valence-corrected chi connectivity index (χ3v) is 5.04. The molecule has 2 aromatic carbocycles. The minimum atomic E-state index is -3.24. The largest absolute Gasteiger partial charge is 0.497 e. The Morgan fingerprint density at radius 3 is 2.00 bits per heavy atom. The summed E-state index contributed by atoms with van der Waals surface area (Å²) < 4.78 is 33.7. The van der Waals surface area contributed by atoms with Crippen LogP contribution in [0.3, 0.4) is 0 Å². The van der Waals surface area contributed by atoms with Gasteiger partial charge in [-0.2, -0.15) is 0 Å². The summed E-state index contributed by atoms with van der Waals surface area (Å²) in [7, 11) is -1.66. The Bertz CT molecular complexity index is 845. The molecule has 0 saturated carbocycles. The van der Waals surface area contributed by atoms with Crippen LogP contribution in [0.25, 0.3) is 0 Å². The molecule has 2 rings (SSSR count). The fourth-order valence-corrected chi connectivity index (χ4v) is 2.96. The van der Waals surface area contributed by atoms with E-state index in [1.54, 1.807) is 50.4 Å². The van der Waals surface area contributed by atoms with Crippen molar-refractivity contribution >= 4 is 15.7 Å². The topological polar surface area (TPSA) is 81.7 Å². The van der Waals surface area contributed by atoms with Crippen LogP contribution in [0.4, 0.5) is 0 Å². The first-order valence-electron chi connectivity index (χ1n) is 8.12. The van der Waals surface area contributed by atoms with Gasteiger partial charge in [0.2, 0.25) is 0 Å². The fraction of sp³-hybridized carbons (Fsp3) is 0.316. The van der Waals surface area contributed by atoms with Gasteiger partial charge in [-0.1, -0.05) is 12.1 Å². The van der Waals surface area contributed by atoms with Gasteiger partial charge in [0.05, 0.1) is 18.0 Å². The Labute approximate surface area is 154 Å².